The highest BCUT2D eigenvalue weighted by Crippen LogP contribution is 2.22. The number of halogens is 4. The second-order valence-electron chi connectivity index (χ2n) is 3.31. The normalized spacial score (nSPS) is 14.4. The molecule has 0 aliphatic heterocycles. The van der Waals surface area contributed by atoms with E-state index in [0.29, 0.717) is 0 Å². The minimum atomic E-state index is -4.00. The minimum Gasteiger partial charge on any atom is -0.322 e. The van der Waals surface area contributed by atoms with Crippen LogP contribution in [0, 0.1) is 0 Å². The van der Waals surface area contributed by atoms with E-state index in [2.05, 4.69) is 5.32 Å². The summed E-state index contributed by atoms with van der Waals surface area (Å²) in [5, 5.41) is 4.06. The van der Waals surface area contributed by atoms with Gasteiger partial charge >= 0.3 is 12.3 Å². The Balaban J connectivity index is 2.31. The van der Waals surface area contributed by atoms with Crippen molar-refractivity contribution in [3.8, 4) is 0 Å². The summed E-state index contributed by atoms with van der Waals surface area (Å²) in [5.41, 5.74) is 5.66. The van der Waals surface area contributed by atoms with Crippen LogP contribution in [-0.2, 0) is 0 Å². The first-order valence-electron chi connectivity index (χ1n) is 4.59. The molecule has 0 aliphatic carbocycles. The molecule has 1 atom stereocenters. The molecule has 1 heterocycles. The molecule has 2 nitrogen and oxygen atoms in total. The molecular weight excluding hydrogens is 244 g/mol. The van der Waals surface area contributed by atoms with Crippen LogP contribution in [-0.4, -0.2) is 25.4 Å². The quantitative estimate of drug-likeness (QED) is 0.766. The van der Waals surface area contributed by atoms with E-state index in [9.17, 15) is 17.6 Å². The predicted molar refractivity (Wildman–Crippen MR) is 55.1 cm³/mol. The molecule has 1 aromatic rings. The van der Waals surface area contributed by atoms with Crippen molar-refractivity contribution in [2.45, 2.75) is 18.4 Å². The lowest BCUT2D eigenvalue weighted by Gasteiger charge is -2.17. The maximum Gasteiger partial charge on any atom is 0.319 e. The van der Waals surface area contributed by atoms with Gasteiger partial charge in [0, 0.05) is 11.4 Å². The Hall–Kier alpha value is -0.660. The van der Waals surface area contributed by atoms with Gasteiger partial charge in [0.15, 0.2) is 0 Å². The van der Waals surface area contributed by atoms with Crippen LogP contribution in [0.3, 0.4) is 0 Å². The molecule has 1 unspecified atom stereocenters. The molecule has 0 amide bonds. The van der Waals surface area contributed by atoms with E-state index in [0.717, 1.165) is 4.88 Å². The number of rotatable bonds is 6. The van der Waals surface area contributed by atoms with Crippen molar-refractivity contribution in [1.82, 2.24) is 5.32 Å². The zero-order valence-corrected chi connectivity index (χ0v) is 9.11. The van der Waals surface area contributed by atoms with Crippen LogP contribution in [0.2, 0.25) is 0 Å². The predicted octanol–water partition coefficient (Wildman–Crippen LogP) is 2.24. The first-order chi connectivity index (χ1) is 7.43. The molecule has 0 spiro atoms. The van der Waals surface area contributed by atoms with Gasteiger partial charge in [-0.15, -0.1) is 11.3 Å². The number of nitrogens with one attached hydrogen (secondary N) is 1. The van der Waals surface area contributed by atoms with Crippen LogP contribution in [0.5, 0.6) is 0 Å². The fourth-order valence-electron chi connectivity index (χ4n) is 1.07. The van der Waals surface area contributed by atoms with Crippen LogP contribution in [0.15, 0.2) is 17.5 Å². The number of hydrogen-bond acceptors (Lipinski definition) is 3. The lowest BCUT2D eigenvalue weighted by molar-refractivity contribution is -0.125. The molecule has 0 radical (unpaired) electrons. The van der Waals surface area contributed by atoms with Crippen LogP contribution in [0.25, 0.3) is 0 Å². The summed E-state index contributed by atoms with van der Waals surface area (Å²) in [7, 11) is 0. The summed E-state index contributed by atoms with van der Waals surface area (Å²) in [6.45, 7) is -1.02. The highest BCUT2D eigenvalue weighted by Gasteiger charge is 2.40. The van der Waals surface area contributed by atoms with Crippen molar-refractivity contribution in [2.24, 2.45) is 5.73 Å². The lowest BCUT2D eigenvalue weighted by atomic mass is 10.2. The highest BCUT2D eigenvalue weighted by molar-refractivity contribution is 7.10. The number of alkyl halides is 4. The van der Waals surface area contributed by atoms with Gasteiger partial charge in [0.1, 0.15) is 0 Å². The largest absolute Gasteiger partial charge is 0.322 e. The Morgan fingerprint density at radius 1 is 1.44 bits per heavy atom. The smallest absolute Gasteiger partial charge is 0.319 e. The number of nitrogens with two attached hydrogens (primary N) is 1. The van der Waals surface area contributed by atoms with Crippen molar-refractivity contribution >= 4 is 11.3 Å². The average molecular weight is 256 g/mol. The maximum atomic E-state index is 12.5. The first kappa shape index (κ1) is 13.4. The Labute approximate surface area is 94.4 Å². The monoisotopic (exact) mass is 256 g/mol. The summed E-state index contributed by atoms with van der Waals surface area (Å²) < 4.78 is 48.6. The summed E-state index contributed by atoms with van der Waals surface area (Å²) in [6.07, 6.45) is -3.65. The maximum absolute atomic E-state index is 12.5. The molecule has 16 heavy (non-hydrogen) atoms. The van der Waals surface area contributed by atoms with Gasteiger partial charge in [-0.2, -0.15) is 8.78 Å². The van der Waals surface area contributed by atoms with E-state index in [1.807, 2.05) is 5.38 Å². The molecule has 1 rings (SSSR count). The van der Waals surface area contributed by atoms with Crippen LogP contribution in [0.1, 0.15) is 10.9 Å². The molecule has 1 aromatic heterocycles. The molecular formula is C9H12F4N2S. The second-order valence-corrected chi connectivity index (χ2v) is 4.29. The van der Waals surface area contributed by atoms with Gasteiger partial charge in [0.05, 0.1) is 12.6 Å². The van der Waals surface area contributed by atoms with Gasteiger partial charge in [0.25, 0.3) is 0 Å². The fraction of sp³-hybridized carbons (Fsp3) is 0.556. The van der Waals surface area contributed by atoms with Gasteiger partial charge < -0.3 is 11.1 Å². The van der Waals surface area contributed by atoms with Crippen molar-refractivity contribution in [3.63, 3.8) is 0 Å². The third-order valence-electron chi connectivity index (χ3n) is 1.95. The summed E-state index contributed by atoms with van der Waals surface area (Å²) in [6, 6.07) is 3.10. The molecule has 0 aliphatic rings. The van der Waals surface area contributed by atoms with Crippen molar-refractivity contribution in [1.29, 1.82) is 0 Å². The second kappa shape index (κ2) is 5.60. The Kier molecular flexibility index (Phi) is 4.69. The van der Waals surface area contributed by atoms with Gasteiger partial charge in [-0.25, -0.2) is 8.78 Å². The number of thiophene rings is 1. The summed E-state index contributed by atoms with van der Waals surface area (Å²) in [5.74, 6) is -4.00. The molecule has 3 N–H and O–H groups in total. The Bertz CT molecular complexity index is 302. The topological polar surface area (TPSA) is 38.0 Å². The zero-order chi connectivity index (χ0) is 12.2. The van der Waals surface area contributed by atoms with Crippen LogP contribution < -0.4 is 11.1 Å². The Morgan fingerprint density at radius 2 is 2.12 bits per heavy atom. The highest BCUT2D eigenvalue weighted by atomic mass is 32.1. The Morgan fingerprint density at radius 3 is 2.62 bits per heavy atom. The van der Waals surface area contributed by atoms with E-state index in [4.69, 9.17) is 5.73 Å². The van der Waals surface area contributed by atoms with Crippen molar-refractivity contribution in [2.75, 3.05) is 13.1 Å². The third kappa shape index (κ3) is 3.73. The van der Waals surface area contributed by atoms with E-state index in [-0.39, 0.29) is 6.54 Å². The van der Waals surface area contributed by atoms with E-state index < -0.39 is 24.9 Å². The molecule has 7 heteroatoms. The molecule has 0 aromatic carbocycles. The van der Waals surface area contributed by atoms with E-state index >= 15 is 0 Å². The van der Waals surface area contributed by atoms with Gasteiger partial charge in [-0.1, -0.05) is 6.07 Å². The fourth-order valence-corrected chi connectivity index (χ4v) is 1.80. The van der Waals surface area contributed by atoms with Crippen molar-refractivity contribution < 1.29 is 17.6 Å². The third-order valence-corrected chi connectivity index (χ3v) is 2.96. The van der Waals surface area contributed by atoms with Gasteiger partial charge in [-0.05, 0) is 11.4 Å². The molecule has 0 saturated heterocycles. The first-order valence-corrected chi connectivity index (χ1v) is 5.47. The van der Waals surface area contributed by atoms with Crippen LogP contribution >= 0.6 is 11.3 Å². The van der Waals surface area contributed by atoms with Crippen LogP contribution in [0.4, 0.5) is 17.6 Å². The summed E-state index contributed by atoms with van der Waals surface area (Å²) in [4.78, 5) is 0.827. The summed E-state index contributed by atoms with van der Waals surface area (Å²) >= 11 is 1.39. The van der Waals surface area contributed by atoms with Gasteiger partial charge in [0.2, 0.25) is 0 Å². The average Bonchev–Trinajstić information content (AvgIpc) is 2.69. The van der Waals surface area contributed by atoms with E-state index in [1.165, 1.54) is 11.3 Å². The SMILES string of the molecule is NC(CNCC(F)(F)C(F)F)c1cccs1. The van der Waals surface area contributed by atoms with E-state index in [1.54, 1.807) is 12.1 Å². The molecule has 92 valence electrons. The van der Waals surface area contributed by atoms with Crippen molar-refractivity contribution in [3.05, 3.63) is 22.4 Å². The molecule has 0 fully saturated rings. The van der Waals surface area contributed by atoms with Gasteiger partial charge in [-0.3, -0.25) is 0 Å². The number of hydrogen-bond donors (Lipinski definition) is 2. The molecule has 0 bridgehead atoms. The zero-order valence-electron chi connectivity index (χ0n) is 8.30. The standard InChI is InChI=1S/C9H12F4N2S/c10-8(11)9(12,13)5-15-4-6(14)7-2-1-3-16-7/h1-3,6,8,15H,4-5,14H2. The molecule has 0 saturated carbocycles. The minimum absolute atomic E-state index is 0.0445. The lowest BCUT2D eigenvalue weighted by Crippen LogP contribution is -2.41.